The van der Waals surface area contributed by atoms with Crippen LogP contribution in [0.25, 0.3) is 0 Å². The van der Waals surface area contributed by atoms with Gasteiger partial charge in [0.15, 0.2) is 0 Å². The molecule has 0 spiro atoms. The second-order valence-corrected chi connectivity index (χ2v) is 4.32. The standard InChI is InChI=1S/C15H15N3O2/c1-10-5-6-13(9-12(10)4-3-7-16)17-15(19)14-8-11(2)18-20-14/h5-6,8-9H,7,16H2,1-2H3,(H,17,19). The van der Waals surface area contributed by atoms with E-state index in [-0.39, 0.29) is 11.7 Å². The first-order valence-electron chi connectivity index (χ1n) is 6.14. The van der Waals surface area contributed by atoms with Crippen LogP contribution in [0.2, 0.25) is 0 Å². The predicted octanol–water partition coefficient (Wildman–Crippen LogP) is 1.85. The van der Waals surface area contributed by atoms with E-state index < -0.39 is 0 Å². The zero-order valence-electron chi connectivity index (χ0n) is 11.4. The number of nitrogens with one attached hydrogen (secondary N) is 1. The third-order valence-corrected chi connectivity index (χ3v) is 2.67. The first-order chi connectivity index (χ1) is 9.60. The maximum absolute atomic E-state index is 11.9. The highest BCUT2D eigenvalue weighted by Crippen LogP contribution is 2.15. The largest absolute Gasteiger partial charge is 0.351 e. The summed E-state index contributed by atoms with van der Waals surface area (Å²) in [6.07, 6.45) is 0. The molecule has 20 heavy (non-hydrogen) atoms. The quantitative estimate of drug-likeness (QED) is 0.815. The molecule has 5 heteroatoms. The van der Waals surface area contributed by atoms with Crippen molar-refractivity contribution in [1.29, 1.82) is 0 Å². The van der Waals surface area contributed by atoms with Gasteiger partial charge in [0.1, 0.15) is 0 Å². The Bertz CT molecular complexity index is 693. The Morgan fingerprint density at radius 1 is 1.40 bits per heavy atom. The van der Waals surface area contributed by atoms with Gasteiger partial charge in [0.2, 0.25) is 5.76 Å². The molecule has 1 amide bonds. The Kier molecular flexibility index (Phi) is 4.18. The topological polar surface area (TPSA) is 81.2 Å². The molecule has 5 nitrogen and oxygen atoms in total. The van der Waals surface area contributed by atoms with Crippen molar-refractivity contribution in [2.45, 2.75) is 13.8 Å². The summed E-state index contributed by atoms with van der Waals surface area (Å²) in [5.41, 5.74) is 8.53. The first kappa shape index (κ1) is 13.8. The van der Waals surface area contributed by atoms with E-state index in [9.17, 15) is 4.79 Å². The summed E-state index contributed by atoms with van der Waals surface area (Å²) < 4.78 is 4.91. The van der Waals surface area contributed by atoms with Crippen molar-refractivity contribution in [3.63, 3.8) is 0 Å². The lowest BCUT2D eigenvalue weighted by Gasteiger charge is -2.05. The minimum Gasteiger partial charge on any atom is -0.351 e. The number of rotatable bonds is 2. The smallest absolute Gasteiger partial charge is 0.294 e. The van der Waals surface area contributed by atoms with E-state index in [2.05, 4.69) is 22.3 Å². The van der Waals surface area contributed by atoms with Crippen molar-refractivity contribution < 1.29 is 9.32 Å². The molecular weight excluding hydrogens is 254 g/mol. The number of aryl methyl sites for hydroxylation is 2. The molecule has 0 fully saturated rings. The van der Waals surface area contributed by atoms with Gasteiger partial charge < -0.3 is 15.6 Å². The molecule has 0 atom stereocenters. The van der Waals surface area contributed by atoms with Crippen LogP contribution in [0.5, 0.6) is 0 Å². The number of carbonyl (C=O) groups excluding carboxylic acids is 1. The van der Waals surface area contributed by atoms with Crippen LogP contribution in [-0.2, 0) is 0 Å². The lowest BCUT2D eigenvalue weighted by atomic mass is 10.1. The Balaban J connectivity index is 2.19. The van der Waals surface area contributed by atoms with Gasteiger partial charge in [0.05, 0.1) is 12.2 Å². The molecule has 102 valence electrons. The molecule has 1 heterocycles. The summed E-state index contributed by atoms with van der Waals surface area (Å²) in [6, 6.07) is 7.09. The molecule has 0 bridgehead atoms. The summed E-state index contributed by atoms with van der Waals surface area (Å²) in [5, 5.41) is 6.42. The zero-order chi connectivity index (χ0) is 14.5. The average Bonchev–Trinajstić information content (AvgIpc) is 2.86. The molecule has 0 aliphatic carbocycles. The van der Waals surface area contributed by atoms with E-state index in [1.54, 1.807) is 19.1 Å². The number of anilines is 1. The fourth-order valence-corrected chi connectivity index (χ4v) is 1.64. The van der Waals surface area contributed by atoms with Crippen LogP contribution < -0.4 is 11.1 Å². The fraction of sp³-hybridized carbons (Fsp3) is 0.200. The number of amides is 1. The molecule has 1 aromatic heterocycles. The van der Waals surface area contributed by atoms with E-state index in [0.29, 0.717) is 17.9 Å². The molecular formula is C15H15N3O2. The predicted molar refractivity (Wildman–Crippen MR) is 76.3 cm³/mol. The molecule has 0 aliphatic heterocycles. The van der Waals surface area contributed by atoms with Crippen LogP contribution in [0.15, 0.2) is 28.8 Å². The summed E-state index contributed by atoms with van der Waals surface area (Å²) in [7, 11) is 0. The normalized spacial score (nSPS) is 9.75. The van der Waals surface area contributed by atoms with E-state index >= 15 is 0 Å². The SMILES string of the molecule is Cc1cc(C(=O)Nc2ccc(C)c(C#CCN)c2)on1. The van der Waals surface area contributed by atoms with Crippen LogP contribution >= 0.6 is 0 Å². The molecule has 0 saturated heterocycles. The second kappa shape index (κ2) is 6.04. The van der Waals surface area contributed by atoms with Gasteiger partial charge in [-0.3, -0.25) is 4.79 Å². The molecule has 1 aromatic carbocycles. The van der Waals surface area contributed by atoms with Gasteiger partial charge >= 0.3 is 0 Å². The highest BCUT2D eigenvalue weighted by atomic mass is 16.5. The maximum Gasteiger partial charge on any atom is 0.294 e. The number of aromatic nitrogens is 1. The third-order valence-electron chi connectivity index (χ3n) is 2.67. The van der Waals surface area contributed by atoms with Crippen molar-refractivity contribution in [3.8, 4) is 11.8 Å². The second-order valence-electron chi connectivity index (χ2n) is 4.32. The third kappa shape index (κ3) is 3.25. The monoisotopic (exact) mass is 269 g/mol. The van der Waals surface area contributed by atoms with Gasteiger partial charge in [-0.15, -0.1) is 0 Å². The minimum atomic E-state index is -0.341. The maximum atomic E-state index is 11.9. The zero-order valence-corrected chi connectivity index (χ0v) is 11.4. The molecule has 0 saturated carbocycles. The van der Waals surface area contributed by atoms with Gasteiger partial charge in [-0.1, -0.05) is 23.1 Å². The summed E-state index contributed by atoms with van der Waals surface area (Å²) in [6.45, 7) is 4.01. The van der Waals surface area contributed by atoms with Crippen LogP contribution in [0.4, 0.5) is 5.69 Å². The summed E-state index contributed by atoms with van der Waals surface area (Å²) in [5.74, 6) is 5.60. The molecule has 2 rings (SSSR count). The summed E-state index contributed by atoms with van der Waals surface area (Å²) in [4.78, 5) is 11.9. The van der Waals surface area contributed by atoms with Gasteiger partial charge in [-0.25, -0.2) is 0 Å². The van der Waals surface area contributed by atoms with Crippen LogP contribution in [0, 0.1) is 25.7 Å². The van der Waals surface area contributed by atoms with Crippen molar-refractivity contribution in [1.82, 2.24) is 5.16 Å². The van der Waals surface area contributed by atoms with Gasteiger partial charge in [-0.05, 0) is 31.5 Å². The van der Waals surface area contributed by atoms with Crippen LogP contribution in [0.3, 0.4) is 0 Å². The number of nitrogens with two attached hydrogens (primary N) is 1. The number of hydrogen-bond donors (Lipinski definition) is 2. The first-order valence-corrected chi connectivity index (χ1v) is 6.14. The Morgan fingerprint density at radius 3 is 2.85 bits per heavy atom. The fourth-order valence-electron chi connectivity index (χ4n) is 1.64. The molecule has 0 unspecified atom stereocenters. The lowest BCUT2D eigenvalue weighted by molar-refractivity contribution is 0.0988. The van der Waals surface area contributed by atoms with E-state index in [4.69, 9.17) is 10.3 Å². The lowest BCUT2D eigenvalue weighted by Crippen LogP contribution is -2.11. The van der Waals surface area contributed by atoms with Crippen molar-refractivity contribution in [3.05, 3.63) is 46.8 Å². The van der Waals surface area contributed by atoms with Gasteiger partial charge in [0, 0.05) is 17.3 Å². The van der Waals surface area contributed by atoms with Crippen molar-refractivity contribution >= 4 is 11.6 Å². The van der Waals surface area contributed by atoms with Crippen molar-refractivity contribution in [2.75, 3.05) is 11.9 Å². The minimum absolute atomic E-state index is 0.178. The molecule has 3 N–H and O–H groups in total. The van der Waals surface area contributed by atoms with Crippen molar-refractivity contribution in [2.24, 2.45) is 5.73 Å². The molecule has 0 aliphatic rings. The number of hydrogen-bond acceptors (Lipinski definition) is 4. The van der Waals surface area contributed by atoms with E-state index in [1.807, 2.05) is 19.1 Å². The number of nitrogens with zero attached hydrogens (tertiary/aromatic N) is 1. The van der Waals surface area contributed by atoms with Gasteiger partial charge in [-0.2, -0.15) is 0 Å². The summed E-state index contributed by atoms with van der Waals surface area (Å²) >= 11 is 0. The highest BCUT2D eigenvalue weighted by Gasteiger charge is 2.12. The Morgan fingerprint density at radius 2 is 2.20 bits per heavy atom. The van der Waals surface area contributed by atoms with Crippen LogP contribution in [0.1, 0.15) is 27.4 Å². The average molecular weight is 269 g/mol. The Labute approximate surface area is 117 Å². The number of carbonyl (C=O) groups is 1. The van der Waals surface area contributed by atoms with Crippen LogP contribution in [-0.4, -0.2) is 17.6 Å². The Hall–Kier alpha value is -2.58. The molecule has 2 aromatic rings. The molecule has 0 radical (unpaired) electrons. The van der Waals surface area contributed by atoms with E-state index in [1.165, 1.54) is 0 Å². The van der Waals surface area contributed by atoms with Gasteiger partial charge in [0.25, 0.3) is 5.91 Å². The highest BCUT2D eigenvalue weighted by molar-refractivity contribution is 6.02. The van der Waals surface area contributed by atoms with E-state index in [0.717, 1.165) is 11.1 Å². The number of benzene rings is 1.